The first-order chi connectivity index (χ1) is 13.3. The van der Waals surface area contributed by atoms with Gasteiger partial charge in [-0.25, -0.2) is 4.39 Å². The van der Waals surface area contributed by atoms with Crippen LogP contribution in [0.4, 0.5) is 10.1 Å². The molecule has 150 valence electrons. The summed E-state index contributed by atoms with van der Waals surface area (Å²) >= 11 is 5.96. The quantitative estimate of drug-likeness (QED) is 0.697. The van der Waals surface area contributed by atoms with Gasteiger partial charge in [-0.1, -0.05) is 23.7 Å². The molecule has 2 aromatic rings. The molecule has 0 aliphatic heterocycles. The van der Waals surface area contributed by atoms with Gasteiger partial charge in [-0.15, -0.1) is 0 Å². The fourth-order valence-corrected chi connectivity index (χ4v) is 2.87. The highest BCUT2D eigenvalue weighted by atomic mass is 35.5. The van der Waals surface area contributed by atoms with Crippen LogP contribution in [-0.2, 0) is 16.1 Å². The third-order valence-electron chi connectivity index (χ3n) is 4.09. The van der Waals surface area contributed by atoms with Gasteiger partial charge in [-0.3, -0.25) is 9.59 Å². The number of anilines is 1. The number of quaternary nitrogens is 1. The monoisotopic (exact) mass is 408 g/mol. The number of methoxy groups -OCH3 is 1. The average molecular weight is 409 g/mol. The zero-order chi connectivity index (χ0) is 20.7. The van der Waals surface area contributed by atoms with Crippen LogP contribution in [0.2, 0.25) is 5.02 Å². The van der Waals surface area contributed by atoms with Crippen LogP contribution < -0.4 is 15.0 Å². The van der Waals surface area contributed by atoms with Crippen LogP contribution in [0.15, 0.2) is 42.5 Å². The molecule has 2 amide bonds. The predicted molar refractivity (Wildman–Crippen MR) is 106 cm³/mol. The highest BCUT2D eigenvalue weighted by molar-refractivity contribution is 6.31. The number of carbonyl (C=O) groups excluding carboxylic acids is 2. The van der Waals surface area contributed by atoms with Crippen LogP contribution in [0.1, 0.15) is 5.56 Å². The molecule has 0 saturated carbocycles. The lowest BCUT2D eigenvalue weighted by Gasteiger charge is -2.20. The summed E-state index contributed by atoms with van der Waals surface area (Å²) < 4.78 is 18.5. The lowest BCUT2D eigenvalue weighted by atomic mass is 10.2. The summed E-state index contributed by atoms with van der Waals surface area (Å²) in [4.78, 5) is 26.9. The zero-order valence-electron chi connectivity index (χ0n) is 16.1. The third kappa shape index (κ3) is 6.51. The Morgan fingerprint density at radius 3 is 2.64 bits per heavy atom. The molecule has 2 N–H and O–H groups in total. The van der Waals surface area contributed by atoms with Crippen LogP contribution in [0.3, 0.4) is 0 Å². The van der Waals surface area contributed by atoms with Crippen LogP contribution >= 0.6 is 11.6 Å². The Balaban J connectivity index is 1.87. The van der Waals surface area contributed by atoms with Gasteiger partial charge in [-0.2, -0.15) is 0 Å². The maximum Gasteiger partial charge on any atom is 0.279 e. The second kappa shape index (κ2) is 10.1. The molecule has 2 rings (SSSR count). The lowest BCUT2D eigenvalue weighted by molar-refractivity contribution is -0.862. The molecular formula is C20H24ClFN3O3+. The first-order valence-electron chi connectivity index (χ1n) is 8.71. The summed E-state index contributed by atoms with van der Waals surface area (Å²) in [6.45, 7) is 0.525. The minimum absolute atomic E-state index is 0.0925. The number of benzene rings is 2. The number of nitrogens with zero attached hydrogens (tertiary/aromatic N) is 1. The third-order valence-corrected chi connectivity index (χ3v) is 4.32. The molecule has 0 radical (unpaired) electrons. The van der Waals surface area contributed by atoms with Crippen molar-refractivity contribution >= 4 is 29.1 Å². The van der Waals surface area contributed by atoms with Gasteiger partial charge in [-0.05, 0) is 35.9 Å². The molecule has 0 aliphatic carbocycles. The van der Waals surface area contributed by atoms with Crippen molar-refractivity contribution in [2.24, 2.45) is 0 Å². The molecule has 0 spiro atoms. The van der Waals surface area contributed by atoms with Crippen molar-refractivity contribution in [3.63, 3.8) is 0 Å². The summed E-state index contributed by atoms with van der Waals surface area (Å²) in [5.41, 5.74) is 1.18. The van der Waals surface area contributed by atoms with Crippen LogP contribution in [0, 0.1) is 5.82 Å². The van der Waals surface area contributed by atoms with Gasteiger partial charge in [0.05, 0.1) is 19.8 Å². The van der Waals surface area contributed by atoms with E-state index in [1.807, 2.05) is 0 Å². The van der Waals surface area contributed by atoms with Crippen molar-refractivity contribution in [1.82, 2.24) is 4.90 Å². The van der Waals surface area contributed by atoms with Crippen molar-refractivity contribution in [2.45, 2.75) is 6.54 Å². The van der Waals surface area contributed by atoms with E-state index in [1.54, 1.807) is 44.4 Å². The summed E-state index contributed by atoms with van der Waals surface area (Å²) in [7, 11) is 4.91. The fourth-order valence-electron chi connectivity index (χ4n) is 2.70. The van der Waals surface area contributed by atoms with Gasteiger partial charge in [0.1, 0.15) is 11.6 Å². The Kier molecular flexibility index (Phi) is 7.78. The normalized spacial score (nSPS) is 11.6. The Morgan fingerprint density at radius 2 is 1.96 bits per heavy atom. The van der Waals surface area contributed by atoms with E-state index in [-0.39, 0.29) is 30.7 Å². The maximum atomic E-state index is 13.3. The fraction of sp³-hybridized carbons (Fsp3) is 0.300. The summed E-state index contributed by atoms with van der Waals surface area (Å²) in [6.07, 6.45) is 0. The predicted octanol–water partition coefficient (Wildman–Crippen LogP) is 1.60. The van der Waals surface area contributed by atoms with Crippen molar-refractivity contribution in [2.75, 3.05) is 39.6 Å². The molecule has 0 aliphatic rings. The first kappa shape index (κ1) is 21.7. The van der Waals surface area contributed by atoms with E-state index >= 15 is 0 Å². The number of hydrogen-bond donors (Lipinski definition) is 2. The topological polar surface area (TPSA) is 63.1 Å². The smallest absolute Gasteiger partial charge is 0.279 e. The first-order valence-corrected chi connectivity index (χ1v) is 9.09. The molecule has 28 heavy (non-hydrogen) atoms. The SMILES string of the molecule is COc1ccc(Cl)cc1NC(=O)C[NH+](C)CC(=O)N(C)Cc1cccc(F)c1. The molecule has 0 aromatic heterocycles. The van der Waals surface area contributed by atoms with Gasteiger partial charge in [0.15, 0.2) is 13.1 Å². The molecule has 0 fully saturated rings. The Labute approximate surface area is 168 Å². The minimum atomic E-state index is -0.339. The molecule has 1 unspecified atom stereocenters. The Hall–Kier alpha value is -2.64. The van der Waals surface area contributed by atoms with Gasteiger partial charge >= 0.3 is 0 Å². The summed E-state index contributed by atoms with van der Waals surface area (Å²) in [5, 5.41) is 3.22. The molecule has 1 atom stereocenters. The number of ether oxygens (including phenoxy) is 1. The van der Waals surface area contributed by atoms with Crippen molar-refractivity contribution in [3.8, 4) is 5.75 Å². The Bertz CT molecular complexity index is 847. The van der Waals surface area contributed by atoms with Gasteiger partial charge in [0.2, 0.25) is 0 Å². The Morgan fingerprint density at radius 1 is 1.21 bits per heavy atom. The number of hydrogen-bond acceptors (Lipinski definition) is 3. The van der Waals surface area contributed by atoms with E-state index in [2.05, 4.69) is 5.32 Å². The van der Waals surface area contributed by atoms with Crippen LogP contribution in [0.25, 0.3) is 0 Å². The van der Waals surface area contributed by atoms with E-state index in [0.29, 0.717) is 28.6 Å². The van der Waals surface area contributed by atoms with Crippen molar-refractivity contribution in [3.05, 3.63) is 58.9 Å². The highest BCUT2D eigenvalue weighted by Crippen LogP contribution is 2.27. The van der Waals surface area contributed by atoms with Gasteiger partial charge in [0.25, 0.3) is 11.8 Å². The largest absolute Gasteiger partial charge is 0.495 e. The number of amides is 2. The van der Waals surface area contributed by atoms with Crippen LogP contribution in [0.5, 0.6) is 5.75 Å². The second-order valence-corrected chi connectivity index (χ2v) is 7.02. The van der Waals surface area contributed by atoms with E-state index in [0.717, 1.165) is 4.90 Å². The number of carbonyl (C=O) groups is 2. The number of halogens is 2. The summed E-state index contributed by atoms with van der Waals surface area (Å²) in [5.74, 6) is -0.246. The molecule has 6 nitrogen and oxygen atoms in total. The number of rotatable bonds is 8. The van der Waals surface area contributed by atoms with E-state index < -0.39 is 0 Å². The standard InChI is InChI=1S/C20H23ClFN3O3/c1-24(12-19(26)23-17-10-15(21)7-8-18(17)28-3)13-20(27)25(2)11-14-5-4-6-16(22)9-14/h4-10H,11-13H2,1-3H3,(H,23,26)/p+1. The van der Waals surface area contributed by atoms with Crippen LogP contribution in [-0.4, -0.2) is 51.0 Å². The molecule has 8 heteroatoms. The molecule has 0 saturated heterocycles. The van der Waals surface area contributed by atoms with Crippen molar-refractivity contribution in [1.29, 1.82) is 0 Å². The lowest BCUT2D eigenvalue weighted by Crippen LogP contribution is -3.11. The van der Waals surface area contributed by atoms with E-state index in [1.165, 1.54) is 24.1 Å². The van der Waals surface area contributed by atoms with Crippen molar-refractivity contribution < 1.29 is 23.6 Å². The molecule has 2 aromatic carbocycles. The zero-order valence-corrected chi connectivity index (χ0v) is 16.8. The van der Waals surface area contributed by atoms with E-state index in [9.17, 15) is 14.0 Å². The average Bonchev–Trinajstić information content (AvgIpc) is 2.61. The molecule has 0 bridgehead atoms. The minimum Gasteiger partial charge on any atom is -0.495 e. The van der Waals surface area contributed by atoms with Gasteiger partial charge in [0, 0.05) is 18.6 Å². The summed E-state index contributed by atoms with van der Waals surface area (Å²) in [6, 6.07) is 11.1. The highest BCUT2D eigenvalue weighted by Gasteiger charge is 2.18. The molecule has 0 heterocycles. The molecular weight excluding hydrogens is 385 g/mol. The number of nitrogens with one attached hydrogen (secondary N) is 2. The second-order valence-electron chi connectivity index (χ2n) is 6.58. The number of likely N-dealkylation sites (N-methyl/N-ethyl adjacent to an activating group) is 2. The maximum absolute atomic E-state index is 13.3. The van der Waals surface area contributed by atoms with E-state index in [4.69, 9.17) is 16.3 Å². The van der Waals surface area contributed by atoms with Gasteiger partial charge < -0.3 is 19.9 Å².